The van der Waals surface area contributed by atoms with Gasteiger partial charge >= 0.3 is 0 Å². The van der Waals surface area contributed by atoms with Crippen molar-refractivity contribution < 1.29 is 22.7 Å². The minimum atomic E-state index is -3.34. The van der Waals surface area contributed by atoms with Crippen LogP contribution in [-0.2, 0) is 31.5 Å². The number of amides is 1. The fraction of sp³-hybridized carbons (Fsp3) is 0.522. The van der Waals surface area contributed by atoms with Crippen molar-refractivity contribution in [2.75, 3.05) is 27.4 Å². The first-order chi connectivity index (χ1) is 16.0. The van der Waals surface area contributed by atoms with E-state index in [1.165, 1.54) is 18.4 Å². The second-order valence-electron chi connectivity index (χ2n) is 8.70. The van der Waals surface area contributed by atoms with Crippen LogP contribution in [-0.4, -0.2) is 57.4 Å². The van der Waals surface area contributed by atoms with Crippen LogP contribution in [0.3, 0.4) is 0 Å². The summed E-state index contributed by atoms with van der Waals surface area (Å²) >= 11 is 1.37. The summed E-state index contributed by atoms with van der Waals surface area (Å²) in [5, 5.41) is 4.97. The van der Waals surface area contributed by atoms with Crippen molar-refractivity contribution in [3.8, 4) is 16.3 Å². The molecule has 0 unspecified atom stereocenters. The first kappa shape index (κ1) is 27.7. The molecule has 0 saturated carbocycles. The van der Waals surface area contributed by atoms with Crippen LogP contribution in [0.1, 0.15) is 44.9 Å². The van der Waals surface area contributed by atoms with Gasteiger partial charge in [-0.25, -0.2) is 13.4 Å². The Labute approximate surface area is 205 Å². The maximum atomic E-state index is 12.6. The lowest BCUT2D eigenvalue weighted by atomic mass is 10.1. The number of nitrogens with two attached hydrogens (primary N) is 1. The van der Waals surface area contributed by atoms with Gasteiger partial charge in [0.15, 0.2) is 15.8 Å². The van der Waals surface area contributed by atoms with E-state index in [2.05, 4.69) is 15.3 Å². The molecule has 9 nitrogen and oxygen atoms in total. The molecule has 1 amide bonds. The number of benzene rings is 1. The SMILES string of the molecule is CN=C(N)NC(=O)CCc1ccc(-c2nc(CS(=O)(=O)C(C)(C)C)cs2)c(OCCCOC)c1. The summed E-state index contributed by atoms with van der Waals surface area (Å²) < 4.78 is 35.4. The van der Waals surface area contributed by atoms with Gasteiger partial charge in [0, 0.05) is 39.0 Å². The van der Waals surface area contributed by atoms with E-state index < -0.39 is 14.6 Å². The summed E-state index contributed by atoms with van der Waals surface area (Å²) in [6.07, 6.45) is 1.44. The predicted octanol–water partition coefficient (Wildman–Crippen LogP) is 2.93. The van der Waals surface area contributed by atoms with Crippen LogP contribution in [0, 0.1) is 0 Å². The van der Waals surface area contributed by atoms with Crippen molar-refractivity contribution in [1.82, 2.24) is 10.3 Å². The molecule has 1 heterocycles. The molecule has 1 aromatic carbocycles. The Balaban J connectivity index is 2.24. The fourth-order valence-corrected chi connectivity index (χ4v) is 4.76. The number of nitrogens with zero attached hydrogens (tertiary/aromatic N) is 2. The molecule has 0 fully saturated rings. The van der Waals surface area contributed by atoms with Crippen LogP contribution in [0.4, 0.5) is 0 Å². The number of carbonyl (C=O) groups excluding carboxylic acids is 1. The zero-order valence-electron chi connectivity index (χ0n) is 20.4. The molecule has 0 aliphatic rings. The highest BCUT2D eigenvalue weighted by Gasteiger charge is 2.30. The average molecular weight is 511 g/mol. The van der Waals surface area contributed by atoms with Gasteiger partial charge in [0.1, 0.15) is 10.8 Å². The molecule has 34 heavy (non-hydrogen) atoms. The largest absolute Gasteiger partial charge is 0.493 e. The highest BCUT2D eigenvalue weighted by Crippen LogP contribution is 2.34. The zero-order valence-corrected chi connectivity index (χ0v) is 22.0. The van der Waals surface area contributed by atoms with Gasteiger partial charge in [-0.05, 0) is 44.9 Å². The van der Waals surface area contributed by atoms with E-state index in [-0.39, 0.29) is 24.0 Å². The molecular formula is C23H34N4O5S2. The number of guanidine groups is 1. The molecule has 188 valence electrons. The third-order valence-electron chi connectivity index (χ3n) is 5.00. The summed E-state index contributed by atoms with van der Waals surface area (Å²) in [6, 6.07) is 5.69. The molecule has 2 rings (SSSR count). The molecule has 0 aliphatic heterocycles. The average Bonchev–Trinajstić information content (AvgIpc) is 3.22. The topological polar surface area (TPSA) is 133 Å². The summed E-state index contributed by atoms with van der Waals surface area (Å²) in [7, 11) is -0.201. The number of hydrogen-bond donors (Lipinski definition) is 2. The number of rotatable bonds is 11. The number of nitrogens with one attached hydrogen (secondary N) is 1. The monoisotopic (exact) mass is 510 g/mol. The van der Waals surface area contributed by atoms with Crippen molar-refractivity contribution in [3.63, 3.8) is 0 Å². The van der Waals surface area contributed by atoms with Gasteiger partial charge in [0.05, 0.1) is 28.4 Å². The number of hydrogen-bond acceptors (Lipinski definition) is 8. The summed E-state index contributed by atoms with van der Waals surface area (Å²) in [5.74, 6) is 0.368. The van der Waals surface area contributed by atoms with Gasteiger partial charge in [0.25, 0.3) is 0 Å². The number of sulfone groups is 1. The molecule has 3 N–H and O–H groups in total. The van der Waals surface area contributed by atoms with E-state index in [1.54, 1.807) is 33.3 Å². The molecule has 0 aliphatic carbocycles. The van der Waals surface area contributed by atoms with Crippen molar-refractivity contribution in [2.24, 2.45) is 10.7 Å². The van der Waals surface area contributed by atoms with E-state index in [0.717, 1.165) is 11.1 Å². The molecule has 0 atom stereocenters. The maximum Gasteiger partial charge on any atom is 0.226 e. The maximum absolute atomic E-state index is 12.6. The normalized spacial score (nSPS) is 12.6. The van der Waals surface area contributed by atoms with Crippen LogP contribution < -0.4 is 15.8 Å². The van der Waals surface area contributed by atoms with Gasteiger partial charge in [-0.3, -0.25) is 15.1 Å². The van der Waals surface area contributed by atoms with E-state index in [9.17, 15) is 13.2 Å². The lowest BCUT2D eigenvalue weighted by Gasteiger charge is -2.18. The standard InChI is InChI=1S/C23H34N4O5S2/c1-23(2,3)34(29,30)15-17-14-33-21(26-17)18-9-7-16(8-10-20(28)27-22(24)25-4)13-19(18)32-12-6-11-31-5/h7,9,13-14H,6,8,10-12,15H2,1-5H3,(H3,24,25,27,28). The Morgan fingerprint density at radius 3 is 2.65 bits per heavy atom. The van der Waals surface area contributed by atoms with Gasteiger partial charge in [-0.15, -0.1) is 11.3 Å². The number of aryl methyl sites for hydroxylation is 1. The van der Waals surface area contributed by atoms with Crippen molar-refractivity contribution in [2.45, 2.75) is 50.5 Å². The molecular weight excluding hydrogens is 476 g/mol. The number of ether oxygens (including phenoxy) is 2. The van der Waals surface area contributed by atoms with Gasteiger partial charge in [-0.1, -0.05) is 6.07 Å². The van der Waals surface area contributed by atoms with Crippen LogP contribution in [0.15, 0.2) is 28.6 Å². The van der Waals surface area contributed by atoms with E-state index in [1.807, 2.05) is 18.2 Å². The second kappa shape index (κ2) is 12.3. The van der Waals surface area contributed by atoms with Crippen LogP contribution in [0.25, 0.3) is 10.6 Å². The number of aromatic nitrogens is 1. The zero-order chi connectivity index (χ0) is 25.4. The van der Waals surface area contributed by atoms with Crippen LogP contribution in [0.5, 0.6) is 5.75 Å². The molecule has 0 bridgehead atoms. The number of aliphatic imine (C=N–C) groups is 1. The number of thiazole rings is 1. The molecule has 1 aromatic heterocycles. The third kappa shape index (κ3) is 8.07. The minimum absolute atomic E-state index is 0.0792. The Hall–Kier alpha value is -2.50. The predicted molar refractivity (Wildman–Crippen MR) is 136 cm³/mol. The highest BCUT2D eigenvalue weighted by atomic mass is 32.2. The summed E-state index contributed by atoms with van der Waals surface area (Å²) in [6.45, 7) is 6.07. The first-order valence-electron chi connectivity index (χ1n) is 10.9. The minimum Gasteiger partial charge on any atom is -0.493 e. The van der Waals surface area contributed by atoms with Crippen LogP contribution in [0.2, 0.25) is 0 Å². The molecule has 0 spiro atoms. The first-order valence-corrected chi connectivity index (χ1v) is 13.4. The smallest absolute Gasteiger partial charge is 0.226 e. The molecule has 2 aromatic rings. The second-order valence-corrected chi connectivity index (χ2v) is 12.3. The fourth-order valence-electron chi connectivity index (χ4n) is 2.83. The van der Waals surface area contributed by atoms with E-state index in [4.69, 9.17) is 15.2 Å². The Morgan fingerprint density at radius 2 is 2.00 bits per heavy atom. The highest BCUT2D eigenvalue weighted by molar-refractivity contribution is 7.91. The summed E-state index contributed by atoms with van der Waals surface area (Å²) in [5.41, 5.74) is 7.74. The molecule has 11 heteroatoms. The Kier molecular flexibility index (Phi) is 10.0. The lowest BCUT2D eigenvalue weighted by molar-refractivity contribution is -0.119. The van der Waals surface area contributed by atoms with Crippen LogP contribution >= 0.6 is 11.3 Å². The summed E-state index contributed by atoms with van der Waals surface area (Å²) in [4.78, 5) is 20.3. The van der Waals surface area contributed by atoms with Gasteiger partial charge in [-0.2, -0.15) is 0 Å². The van der Waals surface area contributed by atoms with Gasteiger partial charge < -0.3 is 15.2 Å². The van der Waals surface area contributed by atoms with E-state index in [0.29, 0.717) is 42.5 Å². The third-order valence-corrected chi connectivity index (χ3v) is 8.46. The number of methoxy groups -OCH3 is 1. The van der Waals surface area contributed by atoms with Crippen molar-refractivity contribution in [3.05, 3.63) is 34.8 Å². The van der Waals surface area contributed by atoms with E-state index >= 15 is 0 Å². The van der Waals surface area contributed by atoms with Crippen molar-refractivity contribution >= 4 is 33.0 Å². The van der Waals surface area contributed by atoms with Crippen molar-refractivity contribution in [1.29, 1.82) is 0 Å². The Morgan fingerprint density at radius 1 is 1.26 bits per heavy atom. The molecule has 0 saturated heterocycles. The lowest BCUT2D eigenvalue weighted by Crippen LogP contribution is -2.36. The number of carbonyl (C=O) groups is 1. The van der Waals surface area contributed by atoms with Gasteiger partial charge in [0.2, 0.25) is 5.91 Å². The molecule has 0 radical (unpaired) electrons. The Bertz CT molecular complexity index is 1100. The quantitative estimate of drug-likeness (QED) is 0.270.